The number of hydrogen-bond donors (Lipinski definition) is 2. The van der Waals surface area contributed by atoms with E-state index in [-0.39, 0.29) is 0 Å². The number of anilines is 1. The first-order valence-electron chi connectivity index (χ1n) is 5.68. The summed E-state index contributed by atoms with van der Waals surface area (Å²) in [7, 11) is 1.99. The van der Waals surface area contributed by atoms with Gasteiger partial charge in [-0.15, -0.1) is 11.3 Å². The van der Waals surface area contributed by atoms with Crippen molar-refractivity contribution in [3.63, 3.8) is 0 Å². The van der Waals surface area contributed by atoms with Gasteiger partial charge in [0.15, 0.2) is 0 Å². The Bertz CT molecular complexity index is 453. The summed E-state index contributed by atoms with van der Waals surface area (Å²) in [5.41, 5.74) is 6.97. The number of thiophene rings is 1. The Hall–Kier alpha value is -1.39. The molecule has 0 fully saturated rings. The van der Waals surface area contributed by atoms with Crippen molar-refractivity contribution in [1.82, 2.24) is 10.3 Å². The molecule has 1 unspecified atom stereocenters. The lowest BCUT2D eigenvalue weighted by molar-refractivity contribution is 0.560. The van der Waals surface area contributed by atoms with Crippen molar-refractivity contribution in [2.45, 2.75) is 18.9 Å². The SMILES string of the molecule is CNC(Cc1cccs1)Cc1cccnc1N. The van der Waals surface area contributed by atoms with Crippen LogP contribution in [0.3, 0.4) is 0 Å². The summed E-state index contributed by atoms with van der Waals surface area (Å²) in [5, 5.41) is 5.45. The molecule has 0 aliphatic heterocycles. The van der Waals surface area contributed by atoms with Crippen LogP contribution < -0.4 is 11.1 Å². The van der Waals surface area contributed by atoms with E-state index in [1.165, 1.54) is 4.88 Å². The Morgan fingerprint density at radius 3 is 2.88 bits per heavy atom. The van der Waals surface area contributed by atoms with E-state index in [0.717, 1.165) is 18.4 Å². The maximum Gasteiger partial charge on any atom is 0.126 e. The van der Waals surface area contributed by atoms with Gasteiger partial charge in [-0.2, -0.15) is 0 Å². The standard InChI is InChI=1S/C13H17N3S/c1-15-11(9-12-5-3-7-17-12)8-10-4-2-6-16-13(10)14/h2-7,11,15H,8-9H2,1H3,(H2,14,16). The molecule has 2 rings (SSSR count). The highest BCUT2D eigenvalue weighted by molar-refractivity contribution is 7.09. The van der Waals surface area contributed by atoms with Gasteiger partial charge in [-0.1, -0.05) is 12.1 Å². The summed E-state index contributed by atoms with van der Waals surface area (Å²) >= 11 is 1.79. The molecule has 90 valence electrons. The zero-order chi connectivity index (χ0) is 12.1. The van der Waals surface area contributed by atoms with Crippen molar-refractivity contribution in [1.29, 1.82) is 0 Å². The maximum absolute atomic E-state index is 5.86. The summed E-state index contributed by atoms with van der Waals surface area (Å²) in [6.45, 7) is 0. The van der Waals surface area contributed by atoms with Crippen LogP contribution in [0.5, 0.6) is 0 Å². The molecule has 4 heteroatoms. The van der Waals surface area contributed by atoms with Crippen molar-refractivity contribution >= 4 is 17.2 Å². The number of nitrogens with zero attached hydrogens (tertiary/aromatic N) is 1. The Kier molecular flexibility index (Phi) is 4.12. The number of aromatic nitrogens is 1. The van der Waals surface area contributed by atoms with Gasteiger partial charge in [-0.25, -0.2) is 4.98 Å². The molecule has 3 nitrogen and oxygen atoms in total. The van der Waals surface area contributed by atoms with Crippen LogP contribution in [-0.2, 0) is 12.8 Å². The predicted molar refractivity (Wildman–Crippen MR) is 73.2 cm³/mol. The quantitative estimate of drug-likeness (QED) is 0.850. The minimum absolute atomic E-state index is 0.403. The molecule has 2 aromatic rings. The number of pyridine rings is 1. The topological polar surface area (TPSA) is 50.9 Å². The van der Waals surface area contributed by atoms with Crippen LogP contribution in [0.25, 0.3) is 0 Å². The molecule has 0 bridgehead atoms. The van der Waals surface area contributed by atoms with E-state index < -0.39 is 0 Å². The van der Waals surface area contributed by atoms with Crippen molar-refractivity contribution in [2.75, 3.05) is 12.8 Å². The minimum Gasteiger partial charge on any atom is -0.383 e. The third kappa shape index (κ3) is 3.28. The highest BCUT2D eigenvalue weighted by Crippen LogP contribution is 2.15. The average Bonchev–Trinajstić information content (AvgIpc) is 2.84. The number of likely N-dealkylation sites (N-methyl/N-ethyl adjacent to an activating group) is 1. The third-order valence-electron chi connectivity index (χ3n) is 2.83. The monoisotopic (exact) mass is 247 g/mol. The van der Waals surface area contributed by atoms with Crippen molar-refractivity contribution in [2.24, 2.45) is 0 Å². The van der Waals surface area contributed by atoms with Crippen LogP contribution in [0.4, 0.5) is 5.82 Å². The van der Waals surface area contributed by atoms with Gasteiger partial charge in [0.1, 0.15) is 5.82 Å². The highest BCUT2D eigenvalue weighted by atomic mass is 32.1. The van der Waals surface area contributed by atoms with Crippen molar-refractivity contribution in [3.05, 3.63) is 46.3 Å². The molecule has 3 N–H and O–H groups in total. The fourth-order valence-electron chi connectivity index (χ4n) is 1.84. The molecule has 0 saturated carbocycles. The molecular weight excluding hydrogens is 230 g/mol. The molecule has 2 heterocycles. The van der Waals surface area contributed by atoms with E-state index >= 15 is 0 Å². The van der Waals surface area contributed by atoms with E-state index in [1.807, 2.05) is 19.2 Å². The van der Waals surface area contributed by atoms with Crippen LogP contribution in [0.15, 0.2) is 35.8 Å². The molecule has 17 heavy (non-hydrogen) atoms. The van der Waals surface area contributed by atoms with E-state index in [9.17, 15) is 0 Å². The molecule has 2 aromatic heterocycles. The van der Waals surface area contributed by atoms with E-state index in [4.69, 9.17) is 5.73 Å². The Balaban J connectivity index is 2.03. The van der Waals surface area contributed by atoms with Crippen LogP contribution in [-0.4, -0.2) is 18.1 Å². The van der Waals surface area contributed by atoms with Crippen LogP contribution >= 0.6 is 11.3 Å². The molecule has 0 aliphatic rings. The molecule has 0 spiro atoms. The fourth-order valence-corrected chi connectivity index (χ4v) is 2.62. The van der Waals surface area contributed by atoms with Gasteiger partial charge in [0.05, 0.1) is 0 Å². The number of hydrogen-bond acceptors (Lipinski definition) is 4. The van der Waals surface area contributed by atoms with Crippen LogP contribution in [0.2, 0.25) is 0 Å². The minimum atomic E-state index is 0.403. The van der Waals surface area contributed by atoms with Gasteiger partial charge < -0.3 is 11.1 Å². The van der Waals surface area contributed by atoms with E-state index in [2.05, 4.69) is 27.8 Å². The summed E-state index contributed by atoms with van der Waals surface area (Å²) in [4.78, 5) is 5.51. The Labute approximate surface area is 106 Å². The third-order valence-corrected chi connectivity index (χ3v) is 3.73. The van der Waals surface area contributed by atoms with Crippen molar-refractivity contribution < 1.29 is 0 Å². The number of nitrogens with two attached hydrogens (primary N) is 1. The summed E-state index contributed by atoms with van der Waals surface area (Å²) < 4.78 is 0. The predicted octanol–water partition coefficient (Wildman–Crippen LogP) is 2.10. The van der Waals surface area contributed by atoms with Crippen LogP contribution in [0.1, 0.15) is 10.4 Å². The lowest BCUT2D eigenvalue weighted by atomic mass is 10.0. The smallest absolute Gasteiger partial charge is 0.126 e. The lowest BCUT2D eigenvalue weighted by Gasteiger charge is -2.16. The molecule has 0 saturated heterocycles. The summed E-state index contributed by atoms with van der Waals surface area (Å²) in [6.07, 6.45) is 3.67. The molecule has 0 radical (unpaired) electrons. The second-order valence-electron chi connectivity index (χ2n) is 4.02. The van der Waals surface area contributed by atoms with Gasteiger partial charge in [-0.05, 0) is 43.0 Å². The summed E-state index contributed by atoms with van der Waals surface area (Å²) in [6, 6.07) is 8.64. The Morgan fingerprint density at radius 2 is 2.24 bits per heavy atom. The summed E-state index contributed by atoms with van der Waals surface area (Å²) in [5.74, 6) is 0.638. The van der Waals surface area contributed by atoms with Gasteiger partial charge in [-0.3, -0.25) is 0 Å². The van der Waals surface area contributed by atoms with Gasteiger partial charge in [0, 0.05) is 17.1 Å². The number of nitrogens with one attached hydrogen (secondary N) is 1. The molecule has 0 aromatic carbocycles. The second-order valence-corrected chi connectivity index (χ2v) is 5.05. The first-order chi connectivity index (χ1) is 8.29. The Morgan fingerprint density at radius 1 is 1.35 bits per heavy atom. The number of nitrogen functional groups attached to an aromatic ring is 1. The second kappa shape index (κ2) is 5.80. The van der Waals surface area contributed by atoms with E-state index in [0.29, 0.717) is 11.9 Å². The maximum atomic E-state index is 5.86. The first kappa shape index (κ1) is 12.1. The van der Waals surface area contributed by atoms with E-state index in [1.54, 1.807) is 17.5 Å². The number of rotatable bonds is 5. The normalized spacial score (nSPS) is 12.5. The highest BCUT2D eigenvalue weighted by Gasteiger charge is 2.11. The van der Waals surface area contributed by atoms with Gasteiger partial charge in [0.25, 0.3) is 0 Å². The first-order valence-corrected chi connectivity index (χ1v) is 6.56. The molecule has 0 amide bonds. The van der Waals surface area contributed by atoms with Crippen LogP contribution in [0, 0.1) is 0 Å². The molecule has 1 atom stereocenters. The zero-order valence-electron chi connectivity index (χ0n) is 9.89. The van der Waals surface area contributed by atoms with Gasteiger partial charge >= 0.3 is 0 Å². The van der Waals surface area contributed by atoms with Gasteiger partial charge in [0.2, 0.25) is 0 Å². The zero-order valence-corrected chi connectivity index (χ0v) is 10.7. The largest absolute Gasteiger partial charge is 0.383 e. The molecular formula is C13H17N3S. The molecule has 0 aliphatic carbocycles. The fraction of sp³-hybridized carbons (Fsp3) is 0.308. The van der Waals surface area contributed by atoms with Crippen molar-refractivity contribution in [3.8, 4) is 0 Å². The average molecular weight is 247 g/mol. The lowest BCUT2D eigenvalue weighted by Crippen LogP contribution is -2.30.